The Balaban J connectivity index is 4.13. The molecule has 0 aromatic rings. The summed E-state index contributed by atoms with van der Waals surface area (Å²) in [6, 6.07) is 0. The molecule has 2 unspecified atom stereocenters. The average molecular weight is 547 g/mol. The van der Waals surface area contributed by atoms with Crippen LogP contribution >= 0.6 is 0 Å². The van der Waals surface area contributed by atoms with Gasteiger partial charge in [-0.15, -0.1) is 0 Å². The third-order valence-corrected chi connectivity index (χ3v) is 7.80. The zero-order valence-electron chi connectivity index (χ0n) is 25.3. The normalized spacial score (nSPS) is 14.9. The third-order valence-electron chi connectivity index (χ3n) is 7.80. The number of hydrogen-bond donors (Lipinski definition) is 5. The SMILES string of the molecule is C/C(=C\CCOCC(CO)(CO)COCC(CO)(CO)CO)CCCC(C)CCCC(C)CCCC(C)C. The third kappa shape index (κ3) is 17.2. The second kappa shape index (κ2) is 22.2. The van der Waals surface area contributed by atoms with Gasteiger partial charge in [0.15, 0.2) is 0 Å². The van der Waals surface area contributed by atoms with Gasteiger partial charge in [0.2, 0.25) is 0 Å². The number of ether oxygens (including phenoxy) is 2. The van der Waals surface area contributed by atoms with Gasteiger partial charge in [-0.1, -0.05) is 84.3 Å². The molecule has 7 nitrogen and oxygen atoms in total. The zero-order valence-corrected chi connectivity index (χ0v) is 25.3. The lowest BCUT2D eigenvalue weighted by Crippen LogP contribution is -2.43. The fourth-order valence-corrected chi connectivity index (χ4v) is 4.53. The lowest BCUT2D eigenvalue weighted by molar-refractivity contribution is -0.111. The van der Waals surface area contributed by atoms with E-state index in [-0.39, 0.29) is 33.0 Å². The van der Waals surface area contributed by atoms with Crippen molar-refractivity contribution in [1.29, 1.82) is 0 Å². The van der Waals surface area contributed by atoms with Crippen LogP contribution in [-0.2, 0) is 9.47 Å². The predicted molar refractivity (Wildman–Crippen MR) is 155 cm³/mol. The van der Waals surface area contributed by atoms with Crippen molar-refractivity contribution in [2.45, 2.75) is 98.8 Å². The molecule has 0 rings (SSSR count). The first-order valence-electron chi connectivity index (χ1n) is 15.0. The van der Waals surface area contributed by atoms with E-state index in [1.807, 2.05) is 0 Å². The van der Waals surface area contributed by atoms with Crippen LogP contribution in [0.3, 0.4) is 0 Å². The van der Waals surface area contributed by atoms with Crippen molar-refractivity contribution in [3.8, 4) is 0 Å². The topological polar surface area (TPSA) is 120 Å². The molecule has 38 heavy (non-hydrogen) atoms. The van der Waals surface area contributed by atoms with Gasteiger partial charge in [0.05, 0.1) is 70.3 Å². The summed E-state index contributed by atoms with van der Waals surface area (Å²) in [4.78, 5) is 0. The van der Waals surface area contributed by atoms with Crippen molar-refractivity contribution in [3.63, 3.8) is 0 Å². The maximum absolute atomic E-state index is 9.82. The lowest BCUT2D eigenvalue weighted by atomic mass is 9.90. The van der Waals surface area contributed by atoms with Gasteiger partial charge in [-0.25, -0.2) is 0 Å². The first-order valence-corrected chi connectivity index (χ1v) is 15.0. The highest BCUT2D eigenvalue weighted by Crippen LogP contribution is 2.23. The van der Waals surface area contributed by atoms with E-state index in [1.165, 1.54) is 56.9 Å². The summed E-state index contributed by atoms with van der Waals surface area (Å²) in [6.45, 7) is 10.2. The van der Waals surface area contributed by atoms with Crippen LogP contribution in [-0.4, -0.2) is 85.0 Å². The highest BCUT2D eigenvalue weighted by molar-refractivity contribution is 4.97. The van der Waals surface area contributed by atoms with E-state index in [0.29, 0.717) is 6.61 Å². The Morgan fingerprint density at radius 2 is 1.08 bits per heavy atom. The Morgan fingerprint density at radius 1 is 0.632 bits per heavy atom. The van der Waals surface area contributed by atoms with Gasteiger partial charge in [-0.3, -0.25) is 0 Å². The van der Waals surface area contributed by atoms with E-state index in [2.05, 4.69) is 40.7 Å². The van der Waals surface area contributed by atoms with Gasteiger partial charge in [0.25, 0.3) is 0 Å². The summed E-state index contributed by atoms with van der Waals surface area (Å²) in [5, 5.41) is 47.9. The number of rotatable bonds is 26. The molecule has 0 spiro atoms. The van der Waals surface area contributed by atoms with Crippen LogP contribution in [0.25, 0.3) is 0 Å². The summed E-state index contributed by atoms with van der Waals surface area (Å²) in [5.41, 5.74) is -0.762. The molecule has 5 N–H and O–H groups in total. The Labute approximate surface area is 233 Å². The molecule has 0 aliphatic carbocycles. The average Bonchev–Trinajstić information content (AvgIpc) is 2.90. The Morgan fingerprint density at radius 3 is 1.58 bits per heavy atom. The molecular formula is C31H62O7. The Kier molecular flexibility index (Phi) is 21.9. The van der Waals surface area contributed by atoms with E-state index in [9.17, 15) is 25.5 Å². The minimum absolute atomic E-state index is 0.00809. The quantitative estimate of drug-likeness (QED) is 0.0786. The Bertz CT molecular complexity index is 562. The Hall–Kier alpha value is -0.540. The predicted octanol–water partition coefficient (Wildman–Crippen LogP) is 4.73. The zero-order chi connectivity index (χ0) is 28.9. The van der Waals surface area contributed by atoms with Crippen LogP contribution in [0, 0.1) is 28.6 Å². The molecule has 228 valence electrons. The molecule has 0 aromatic carbocycles. The van der Waals surface area contributed by atoms with Crippen LogP contribution in [0.2, 0.25) is 0 Å². The molecule has 0 radical (unpaired) electrons. The molecule has 0 amide bonds. The molecule has 0 aliphatic heterocycles. The molecule has 0 bridgehead atoms. The summed E-state index contributed by atoms with van der Waals surface area (Å²) < 4.78 is 11.3. The molecule has 2 atom stereocenters. The van der Waals surface area contributed by atoms with E-state index in [4.69, 9.17) is 9.47 Å². The number of hydrogen-bond acceptors (Lipinski definition) is 7. The van der Waals surface area contributed by atoms with Gasteiger partial charge < -0.3 is 35.0 Å². The van der Waals surface area contributed by atoms with Crippen molar-refractivity contribution in [1.82, 2.24) is 0 Å². The van der Waals surface area contributed by atoms with Crippen LogP contribution in [0.15, 0.2) is 11.6 Å². The van der Waals surface area contributed by atoms with Gasteiger partial charge in [-0.2, -0.15) is 0 Å². The molecule has 0 aromatic heterocycles. The summed E-state index contributed by atoms with van der Waals surface area (Å²) >= 11 is 0. The molecule has 0 aliphatic rings. The maximum Gasteiger partial charge on any atom is 0.0632 e. The van der Waals surface area contributed by atoms with Gasteiger partial charge in [-0.05, 0) is 43.9 Å². The molecule has 0 saturated carbocycles. The monoisotopic (exact) mass is 546 g/mol. The smallest absolute Gasteiger partial charge is 0.0632 e. The molecular weight excluding hydrogens is 484 g/mol. The minimum atomic E-state index is -1.15. The minimum Gasteiger partial charge on any atom is -0.396 e. The van der Waals surface area contributed by atoms with Crippen LogP contribution in [0.1, 0.15) is 98.8 Å². The maximum atomic E-state index is 9.82. The number of aliphatic hydroxyl groups excluding tert-OH is 5. The van der Waals surface area contributed by atoms with Crippen molar-refractivity contribution in [2.75, 3.05) is 59.5 Å². The van der Waals surface area contributed by atoms with Crippen molar-refractivity contribution in [3.05, 3.63) is 11.6 Å². The second-order valence-electron chi connectivity index (χ2n) is 12.5. The number of allylic oxidation sites excluding steroid dienone is 1. The molecule has 0 saturated heterocycles. The van der Waals surface area contributed by atoms with Crippen LogP contribution in [0.5, 0.6) is 0 Å². The summed E-state index contributed by atoms with van der Waals surface area (Å²) in [6.07, 6.45) is 14.7. The first kappa shape index (κ1) is 37.5. The van der Waals surface area contributed by atoms with E-state index < -0.39 is 30.7 Å². The highest BCUT2D eigenvalue weighted by atomic mass is 16.5. The fraction of sp³-hybridized carbons (Fsp3) is 0.935. The van der Waals surface area contributed by atoms with Gasteiger partial charge in [0.1, 0.15) is 0 Å². The van der Waals surface area contributed by atoms with Gasteiger partial charge >= 0.3 is 0 Å². The van der Waals surface area contributed by atoms with E-state index >= 15 is 0 Å². The molecule has 7 heteroatoms. The summed E-state index contributed by atoms with van der Waals surface area (Å²) in [5.74, 6) is 2.45. The fourth-order valence-electron chi connectivity index (χ4n) is 4.53. The van der Waals surface area contributed by atoms with Crippen LogP contribution in [0.4, 0.5) is 0 Å². The number of aliphatic hydroxyl groups is 5. The lowest BCUT2D eigenvalue weighted by Gasteiger charge is -2.32. The van der Waals surface area contributed by atoms with Crippen molar-refractivity contribution >= 4 is 0 Å². The molecule has 0 heterocycles. The van der Waals surface area contributed by atoms with Gasteiger partial charge in [0, 0.05) is 0 Å². The van der Waals surface area contributed by atoms with E-state index in [1.54, 1.807) is 0 Å². The second-order valence-corrected chi connectivity index (χ2v) is 12.5. The largest absolute Gasteiger partial charge is 0.396 e. The molecule has 0 fully saturated rings. The first-order chi connectivity index (χ1) is 18.1. The standard InChI is InChI=1S/C31H62O7/c1-26(2)10-6-11-27(3)12-7-13-28(4)14-8-15-29(5)16-9-17-37-24-31(21-35,22-36)25-38-23-30(18-32,19-33)20-34/h16,26-28,32-36H,6-15,17-25H2,1-5H3/b29-16+. The highest BCUT2D eigenvalue weighted by Gasteiger charge is 2.33. The van der Waals surface area contributed by atoms with Crippen molar-refractivity contribution < 1.29 is 35.0 Å². The van der Waals surface area contributed by atoms with Crippen LogP contribution < -0.4 is 0 Å². The summed E-state index contributed by atoms with van der Waals surface area (Å²) in [7, 11) is 0. The van der Waals surface area contributed by atoms with E-state index in [0.717, 1.165) is 30.6 Å². The van der Waals surface area contributed by atoms with Crippen molar-refractivity contribution in [2.24, 2.45) is 28.6 Å².